The lowest BCUT2D eigenvalue weighted by atomic mass is 9.93. The summed E-state index contributed by atoms with van der Waals surface area (Å²) in [6.45, 7) is 4.17. The molecule has 1 unspecified atom stereocenters. The summed E-state index contributed by atoms with van der Waals surface area (Å²) < 4.78 is 1.98. The van der Waals surface area contributed by atoms with E-state index in [2.05, 4.69) is 5.32 Å². The maximum atomic E-state index is 13.0. The molecule has 0 bridgehead atoms. The smallest absolute Gasteiger partial charge is 0.255 e. The third-order valence-corrected chi connectivity index (χ3v) is 5.15. The Morgan fingerprint density at radius 2 is 1.88 bits per heavy atom. The highest BCUT2D eigenvalue weighted by Crippen LogP contribution is 2.20. The van der Waals surface area contributed by atoms with Gasteiger partial charge in [0.25, 0.3) is 5.56 Å². The van der Waals surface area contributed by atoms with Gasteiger partial charge in [0.15, 0.2) is 5.78 Å². The van der Waals surface area contributed by atoms with Gasteiger partial charge in [0.2, 0.25) is 5.91 Å². The summed E-state index contributed by atoms with van der Waals surface area (Å²) in [6.07, 6.45) is 2.26. The minimum absolute atomic E-state index is 0.00234. The second-order valence-electron chi connectivity index (χ2n) is 6.18. The summed E-state index contributed by atoms with van der Waals surface area (Å²) in [5.74, 6) is -0.879. The quantitative estimate of drug-likeness (QED) is 0.481. The van der Waals surface area contributed by atoms with Gasteiger partial charge in [-0.3, -0.25) is 14.4 Å². The third-order valence-electron chi connectivity index (χ3n) is 4.30. The second kappa shape index (κ2) is 9.66. The minimum Gasteiger partial charge on any atom is -0.348 e. The molecule has 1 N–H and O–H groups in total. The van der Waals surface area contributed by atoms with Gasteiger partial charge >= 0.3 is 0 Å². The molecule has 0 saturated carbocycles. The average molecular weight is 466 g/mol. The van der Waals surface area contributed by atoms with E-state index in [0.717, 1.165) is 11.1 Å². The maximum Gasteiger partial charge on any atom is 0.255 e. The molecule has 0 aliphatic heterocycles. The van der Waals surface area contributed by atoms with Crippen LogP contribution in [0.3, 0.4) is 0 Å². The molecule has 6 heteroatoms. The van der Waals surface area contributed by atoms with E-state index in [1.807, 2.05) is 72.8 Å². The van der Waals surface area contributed by atoms with Crippen LogP contribution in [0.5, 0.6) is 0 Å². The predicted molar refractivity (Wildman–Crippen MR) is 111 cm³/mol. The number of halogens is 1. The molecule has 0 fully saturated rings. The van der Waals surface area contributed by atoms with Gasteiger partial charge in [-0.25, -0.2) is 0 Å². The van der Waals surface area contributed by atoms with Gasteiger partial charge < -0.3 is 9.88 Å². The molecule has 26 heavy (non-hydrogen) atoms. The number of carbonyl (C=O) groups is 2. The number of benzene rings is 1. The van der Waals surface area contributed by atoms with Crippen LogP contribution in [0.1, 0.15) is 36.0 Å². The van der Waals surface area contributed by atoms with Gasteiger partial charge in [-0.05, 0) is 30.5 Å². The van der Waals surface area contributed by atoms with E-state index in [1.165, 1.54) is 0 Å². The van der Waals surface area contributed by atoms with Crippen molar-refractivity contribution in [1.29, 1.82) is 0 Å². The molecule has 1 heterocycles. The van der Waals surface area contributed by atoms with Gasteiger partial charge in [-0.15, -0.1) is 0 Å². The normalized spacial score (nSPS) is 11.8. The lowest BCUT2D eigenvalue weighted by Gasteiger charge is -2.18. The van der Waals surface area contributed by atoms with Gasteiger partial charge in [0.1, 0.15) is 0 Å². The molecule has 0 aliphatic rings. The van der Waals surface area contributed by atoms with Crippen molar-refractivity contribution >= 4 is 34.3 Å². The lowest BCUT2D eigenvalue weighted by molar-refractivity contribution is -0.125. The standard InChI is InChI=1S/C20H23IN2O3/c1-3-17(19(25)22-12-16(24)11-21)18-14(2)9-10-23(20(18)26)13-15-7-5-4-6-8-15/h4-10,17H,3,11-13H2,1-2H3,(H,22,25). The number of alkyl halides is 1. The molecule has 2 aromatic rings. The van der Waals surface area contributed by atoms with Crippen molar-refractivity contribution in [3.05, 3.63) is 69.6 Å². The van der Waals surface area contributed by atoms with Crippen molar-refractivity contribution in [2.24, 2.45) is 0 Å². The zero-order valence-electron chi connectivity index (χ0n) is 15.0. The minimum atomic E-state index is -0.562. The van der Waals surface area contributed by atoms with Crippen LogP contribution in [0, 0.1) is 6.92 Å². The van der Waals surface area contributed by atoms with E-state index in [9.17, 15) is 14.4 Å². The third kappa shape index (κ3) is 5.03. The highest BCUT2D eigenvalue weighted by Gasteiger charge is 2.24. The molecule has 1 amide bonds. The van der Waals surface area contributed by atoms with E-state index >= 15 is 0 Å². The van der Waals surface area contributed by atoms with E-state index in [1.54, 1.807) is 10.8 Å². The SMILES string of the molecule is CCC(C(=O)NCC(=O)CI)c1c(C)ccn(Cc2ccccc2)c1=O. The topological polar surface area (TPSA) is 68.2 Å². The maximum absolute atomic E-state index is 13.0. The molecule has 1 aromatic heterocycles. The Bertz CT molecular complexity index is 831. The van der Waals surface area contributed by atoms with E-state index in [-0.39, 0.29) is 23.8 Å². The first-order valence-corrected chi connectivity index (χ1v) is 10.1. The number of aromatic nitrogens is 1. The molecule has 0 spiro atoms. The largest absolute Gasteiger partial charge is 0.348 e. The molecule has 1 atom stereocenters. The second-order valence-corrected chi connectivity index (χ2v) is 6.94. The Kier molecular flexibility index (Phi) is 7.56. The van der Waals surface area contributed by atoms with Crippen molar-refractivity contribution in [3.8, 4) is 0 Å². The predicted octanol–water partition coefficient (Wildman–Crippen LogP) is 2.82. The number of Topliss-reactive ketones (excluding diaryl/α,β-unsaturated/α-hetero) is 1. The zero-order chi connectivity index (χ0) is 19.1. The number of nitrogens with one attached hydrogen (secondary N) is 1. The van der Waals surface area contributed by atoms with Crippen LogP contribution in [0.2, 0.25) is 0 Å². The molecular formula is C20H23IN2O3. The highest BCUT2D eigenvalue weighted by atomic mass is 127. The Morgan fingerprint density at radius 3 is 2.50 bits per heavy atom. The first-order chi connectivity index (χ1) is 12.5. The van der Waals surface area contributed by atoms with Crippen molar-refractivity contribution in [3.63, 3.8) is 0 Å². The fraction of sp³-hybridized carbons (Fsp3) is 0.350. The highest BCUT2D eigenvalue weighted by molar-refractivity contribution is 14.1. The first kappa shape index (κ1) is 20.4. The summed E-state index contributed by atoms with van der Waals surface area (Å²) >= 11 is 1.97. The summed E-state index contributed by atoms with van der Waals surface area (Å²) in [4.78, 5) is 37.0. The number of nitrogens with zero attached hydrogens (tertiary/aromatic N) is 1. The molecule has 2 rings (SSSR count). The molecule has 1 aromatic carbocycles. The van der Waals surface area contributed by atoms with Crippen LogP contribution in [-0.2, 0) is 16.1 Å². The number of carbonyl (C=O) groups excluding carboxylic acids is 2. The van der Waals surface area contributed by atoms with Crippen LogP contribution >= 0.6 is 22.6 Å². The first-order valence-electron chi connectivity index (χ1n) is 8.57. The Hall–Kier alpha value is -1.96. The van der Waals surface area contributed by atoms with Crippen molar-refractivity contribution in [2.75, 3.05) is 11.0 Å². The van der Waals surface area contributed by atoms with Gasteiger partial charge in [0, 0.05) is 11.8 Å². The number of hydrogen-bond donors (Lipinski definition) is 1. The summed E-state index contributed by atoms with van der Waals surface area (Å²) in [5.41, 5.74) is 2.16. The summed E-state index contributed by atoms with van der Waals surface area (Å²) in [6, 6.07) is 11.6. The van der Waals surface area contributed by atoms with E-state index in [4.69, 9.17) is 0 Å². The number of aryl methyl sites for hydroxylation is 1. The Labute approximate surface area is 166 Å². The molecule has 5 nitrogen and oxygen atoms in total. The summed E-state index contributed by atoms with van der Waals surface area (Å²) in [5, 5.41) is 2.67. The Morgan fingerprint density at radius 1 is 1.19 bits per heavy atom. The van der Waals surface area contributed by atoms with Crippen molar-refractivity contribution in [2.45, 2.75) is 32.7 Å². The number of rotatable bonds is 8. The molecule has 0 saturated heterocycles. The van der Waals surface area contributed by atoms with Gasteiger partial charge in [-0.1, -0.05) is 59.8 Å². The fourth-order valence-electron chi connectivity index (χ4n) is 2.89. The van der Waals surface area contributed by atoms with E-state index in [0.29, 0.717) is 23.0 Å². The van der Waals surface area contributed by atoms with Crippen LogP contribution < -0.4 is 10.9 Å². The Balaban J connectivity index is 2.31. The molecular weight excluding hydrogens is 443 g/mol. The molecule has 0 radical (unpaired) electrons. The van der Waals surface area contributed by atoms with Crippen molar-refractivity contribution < 1.29 is 9.59 Å². The lowest BCUT2D eigenvalue weighted by Crippen LogP contribution is -2.37. The molecule has 0 aliphatic carbocycles. The van der Waals surface area contributed by atoms with E-state index < -0.39 is 5.92 Å². The van der Waals surface area contributed by atoms with Crippen LogP contribution in [0.25, 0.3) is 0 Å². The van der Waals surface area contributed by atoms with Gasteiger partial charge in [0.05, 0.1) is 23.4 Å². The number of amides is 1. The zero-order valence-corrected chi connectivity index (χ0v) is 17.2. The van der Waals surface area contributed by atoms with Crippen LogP contribution in [0.4, 0.5) is 0 Å². The average Bonchev–Trinajstić information content (AvgIpc) is 2.66. The summed E-state index contributed by atoms with van der Waals surface area (Å²) in [7, 11) is 0. The fourth-order valence-corrected chi connectivity index (χ4v) is 3.16. The molecule has 138 valence electrons. The number of pyridine rings is 1. The number of hydrogen-bond acceptors (Lipinski definition) is 3. The monoisotopic (exact) mass is 466 g/mol. The van der Waals surface area contributed by atoms with Crippen LogP contribution in [0.15, 0.2) is 47.4 Å². The van der Waals surface area contributed by atoms with Gasteiger partial charge in [-0.2, -0.15) is 0 Å². The van der Waals surface area contributed by atoms with Crippen molar-refractivity contribution in [1.82, 2.24) is 9.88 Å². The number of ketones is 1. The van der Waals surface area contributed by atoms with Crippen LogP contribution in [-0.4, -0.2) is 27.2 Å².